The third kappa shape index (κ3) is 3.59. The molecule has 1 N–H and O–H groups in total. The second kappa shape index (κ2) is 5.95. The minimum atomic E-state index is -3.48. The smallest absolute Gasteiger partial charge is 0.346 e. The first-order valence-electron chi connectivity index (χ1n) is 5.62. The predicted octanol–water partition coefficient (Wildman–Crippen LogP) is 3.21. The highest BCUT2D eigenvalue weighted by molar-refractivity contribution is 7.89. The molecule has 2 rings (SSSR count). The van der Waals surface area contributed by atoms with Gasteiger partial charge in [0.05, 0.1) is 11.5 Å². The molecule has 2 aromatic rings. The number of sulfone groups is 1. The summed E-state index contributed by atoms with van der Waals surface area (Å²) in [6.07, 6.45) is 0. The molecule has 0 bridgehead atoms. The Morgan fingerprint density at radius 1 is 1.15 bits per heavy atom. The molecule has 0 saturated carbocycles. The highest BCUT2D eigenvalue weighted by Gasteiger charge is 2.20. The summed E-state index contributed by atoms with van der Waals surface area (Å²) in [6.45, 7) is 0. The molecule has 0 fully saturated rings. The summed E-state index contributed by atoms with van der Waals surface area (Å²) in [5.41, 5.74) is 0.829. The van der Waals surface area contributed by atoms with Crippen molar-refractivity contribution in [2.45, 2.75) is 11.5 Å². The van der Waals surface area contributed by atoms with E-state index in [1.165, 1.54) is 6.07 Å². The van der Waals surface area contributed by atoms with E-state index in [0.717, 1.165) is 11.3 Å². The molecule has 0 amide bonds. The average Bonchev–Trinajstić information content (AvgIpc) is 2.79. The van der Waals surface area contributed by atoms with Crippen molar-refractivity contribution in [3.63, 3.8) is 0 Å². The van der Waals surface area contributed by atoms with Crippen LogP contribution < -0.4 is 0 Å². The van der Waals surface area contributed by atoms with Gasteiger partial charge < -0.3 is 5.11 Å². The molecule has 0 spiro atoms. The third-order valence-corrected chi connectivity index (χ3v) is 5.46. The monoisotopic (exact) mass is 330 g/mol. The van der Waals surface area contributed by atoms with Crippen LogP contribution in [0.4, 0.5) is 0 Å². The zero-order chi connectivity index (χ0) is 14.8. The molecule has 0 aliphatic rings. The number of carboxylic acid groups (broad SMARTS) is 1. The molecule has 1 aromatic heterocycles. The van der Waals surface area contributed by atoms with Gasteiger partial charge >= 0.3 is 5.97 Å². The Labute approximate surface area is 125 Å². The fourth-order valence-electron chi connectivity index (χ4n) is 1.78. The summed E-state index contributed by atoms with van der Waals surface area (Å²) in [5.74, 6) is -1.62. The van der Waals surface area contributed by atoms with Crippen LogP contribution in [0.15, 0.2) is 35.7 Å². The summed E-state index contributed by atoms with van der Waals surface area (Å²) in [4.78, 5) is 11.0. The Kier molecular flexibility index (Phi) is 4.47. The number of hydrogen-bond donors (Lipinski definition) is 1. The number of aromatic carboxylic acids is 1. The van der Waals surface area contributed by atoms with E-state index < -0.39 is 15.8 Å². The standard InChI is InChI=1S/C13H11ClO4S2/c14-11-4-2-1-3-9(11)7-20(17,18)8-10-5-6-19-12(10)13(15)16/h1-6H,7-8H2,(H,15,16). The quantitative estimate of drug-likeness (QED) is 0.913. The van der Waals surface area contributed by atoms with Crippen LogP contribution in [0, 0.1) is 0 Å². The van der Waals surface area contributed by atoms with Crippen molar-refractivity contribution >= 4 is 38.7 Å². The number of halogens is 1. The van der Waals surface area contributed by atoms with Gasteiger partial charge in [-0.1, -0.05) is 29.8 Å². The summed E-state index contributed by atoms with van der Waals surface area (Å²) in [7, 11) is -3.48. The van der Waals surface area contributed by atoms with Crippen molar-refractivity contribution in [2.24, 2.45) is 0 Å². The van der Waals surface area contributed by atoms with Gasteiger partial charge in [-0.25, -0.2) is 13.2 Å². The third-order valence-electron chi connectivity index (χ3n) is 2.65. The highest BCUT2D eigenvalue weighted by atomic mass is 35.5. The lowest BCUT2D eigenvalue weighted by Crippen LogP contribution is -2.10. The first-order valence-corrected chi connectivity index (χ1v) is 8.70. The van der Waals surface area contributed by atoms with E-state index in [9.17, 15) is 13.2 Å². The van der Waals surface area contributed by atoms with Crippen molar-refractivity contribution in [3.8, 4) is 0 Å². The Balaban J connectivity index is 2.22. The first kappa shape index (κ1) is 15.0. The van der Waals surface area contributed by atoms with Crippen molar-refractivity contribution in [2.75, 3.05) is 0 Å². The molecule has 20 heavy (non-hydrogen) atoms. The minimum absolute atomic E-state index is 0.0627. The Morgan fingerprint density at radius 3 is 2.45 bits per heavy atom. The van der Waals surface area contributed by atoms with Crippen LogP contribution in [-0.4, -0.2) is 19.5 Å². The topological polar surface area (TPSA) is 71.4 Å². The molecule has 0 aliphatic heterocycles. The number of benzene rings is 1. The number of carboxylic acids is 1. The van der Waals surface area contributed by atoms with Crippen LogP contribution in [0.3, 0.4) is 0 Å². The maximum absolute atomic E-state index is 12.1. The highest BCUT2D eigenvalue weighted by Crippen LogP contribution is 2.23. The molecule has 0 radical (unpaired) electrons. The summed E-state index contributed by atoms with van der Waals surface area (Å²) < 4.78 is 24.3. The molecule has 0 aliphatic carbocycles. The minimum Gasteiger partial charge on any atom is -0.477 e. The summed E-state index contributed by atoms with van der Waals surface area (Å²) >= 11 is 6.96. The van der Waals surface area contributed by atoms with Gasteiger partial charge in [-0.2, -0.15) is 0 Å². The van der Waals surface area contributed by atoms with Gasteiger partial charge in [0.2, 0.25) is 0 Å². The maximum atomic E-state index is 12.1. The number of carbonyl (C=O) groups is 1. The lowest BCUT2D eigenvalue weighted by Gasteiger charge is -2.06. The van der Waals surface area contributed by atoms with E-state index in [4.69, 9.17) is 16.7 Å². The van der Waals surface area contributed by atoms with Crippen molar-refractivity contribution < 1.29 is 18.3 Å². The van der Waals surface area contributed by atoms with Crippen LogP contribution in [-0.2, 0) is 21.3 Å². The SMILES string of the molecule is O=C(O)c1sccc1CS(=O)(=O)Cc1ccccc1Cl. The zero-order valence-corrected chi connectivity index (χ0v) is 12.6. The molecule has 0 saturated heterocycles. The van der Waals surface area contributed by atoms with E-state index in [2.05, 4.69) is 0 Å². The Hall–Kier alpha value is -1.37. The molecule has 1 aromatic carbocycles. The van der Waals surface area contributed by atoms with Crippen molar-refractivity contribution in [3.05, 3.63) is 56.7 Å². The van der Waals surface area contributed by atoms with Gasteiger partial charge in [0.25, 0.3) is 0 Å². The zero-order valence-electron chi connectivity index (χ0n) is 10.2. The number of thiophene rings is 1. The van der Waals surface area contributed by atoms with E-state index in [0.29, 0.717) is 16.1 Å². The van der Waals surface area contributed by atoms with Crippen molar-refractivity contribution in [1.29, 1.82) is 0 Å². The first-order chi connectivity index (χ1) is 9.39. The largest absolute Gasteiger partial charge is 0.477 e. The van der Waals surface area contributed by atoms with Crippen LogP contribution in [0.2, 0.25) is 5.02 Å². The predicted molar refractivity (Wildman–Crippen MR) is 79.1 cm³/mol. The average molecular weight is 331 g/mol. The molecule has 106 valence electrons. The normalized spacial score (nSPS) is 11.4. The molecule has 0 atom stereocenters. The van der Waals surface area contributed by atoms with E-state index in [-0.39, 0.29) is 16.4 Å². The van der Waals surface area contributed by atoms with Gasteiger partial charge in [-0.05, 0) is 28.6 Å². The Morgan fingerprint density at radius 2 is 1.80 bits per heavy atom. The van der Waals surface area contributed by atoms with Crippen LogP contribution >= 0.6 is 22.9 Å². The molecule has 0 unspecified atom stereocenters. The van der Waals surface area contributed by atoms with Gasteiger partial charge in [-0.3, -0.25) is 0 Å². The maximum Gasteiger partial charge on any atom is 0.346 e. The molecule has 1 heterocycles. The number of rotatable bonds is 5. The summed E-state index contributed by atoms with van der Waals surface area (Å²) in [5, 5.41) is 10.9. The molecule has 4 nitrogen and oxygen atoms in total. The van der Waals surface area contributed by atoms with Gasteiger partial charge in [0, 0.05) is 5.02 Å². The molecular formula is C13H11ClO4S2. The number of hydrogen-bond acceptors (Lipinski definition) is 4. The van der Waals surface area contributed by atoms with E-state index >= 15 is 0 Å². The Bertz CT molecular complexity index is 734. The van der Waals surface area contributed by atoms with E-state index in [1.54, 1.807) is 29.6 Å². The lowest BCUT2D eigenvalue weighted by molar-refractivity contribution is 0.0701. The molecular weight excluding hydrogens is 320 g/mol. The van der Waals surface area contributed by atoms with Crippen LogP contribution in [0.1, 0.15) is 20.8 Å². The second-order valence-electron chi connectivity index (χ2n) is 4.20. The van der Waals surface area contributed by atoms with Gasteiger partial charge in [-0.15, -0.1) is 11.3 Å². The van der Waals surface area contributed by atoms with Gasteiger partial charge in [0.1, 0.15) is 4.88 Å². The van der Waals surface area contributed by atoms with Crippen LogP contribution in [0.5, 0.6) is 0 Å². The second-order valence-corrected chi connectivity index (χ2v) is 7.59. The fourth-order valence-corrected chi connectivity index (χ4v) is 4.45. The summed E-state index contributed by atoms with van der Waals surface area (Å²) in [6, 6.07) is 8.23. The van der Waals surface area contributed by atoms with Crippen molar-refractivity contribution in [1.82, 2.24) is 0 Å². The van der Waals surface area contributed by atoms with Gasteiger partial charge in [0.15, 0.2) is 9.84 Å². The molecule has 7 heteroatoms. The van der Waals surface area contributed by atoms with Crippen LogP contribution in [0.25, 0.3) is 0 Å². The lowest BCUT2D eigenvalue weighted by atomic mass is 10.2. The fraction of sp³-hybridized carbons (Fsp3) is 0.154. The van der Waals surface area contributed by atoms with E-state index in [1.807, 2.05) is 0 Å².